The molecule has 2 saturated heterocycles. The number of amides is 1. The van der Waals surface area contributed by atoms with Gasteiger partial charge in [0.1, 0.15) is 12.7 Å². The number of likely N-dealkylation sites (tertiary alicyclic amines) is 2. The normalized spacial score (nSPS) is 26.8. The molecular formula is C17H28N6O. The molecule has 3 heterocycles. The van der Waals surface area contributed by atoms with Gasteiger partial charge >= 0.3 is 0 Å². The van der Waals surface area contributed by atoms with Gasteiger partial charge in [-0.1, -0.05) is 0 Å². The summed E-state index contributed by atoms with van der Waals surface area (Å²) in [5.41, 5.74) is 0. The van der Waals surface area contributed by atoms with Crippen LogP contribution in [-0.4, -0.2) is 74.8 Å². The topological polar surface area (TPSA) is 66.3 Å². The minimum absolute atomic E-state index is 0.186. The summed E-state index contributed by atoms with van der Waals surface area (Å²) in [6.45, 7) is 4.64. The van der Waals surface area contributed by atoms with Gasteiger partial charge in [0.2, 0.25) is 5.91 Å². The second-order valence-corrected chi connectivity index (χ2v) is 7.49. The van der Waals surface area contributed by atoms with Crippen LogP contribution in [0.3, 0.4) is 0 Å². The Hall–Kier alpha value is -1.47. The molecule has 7 heteroatoms. The maximum Gasteiger partial charge on any atom is 0.234 e. The van der Waals surface area contributed by atoms with Gasteiger partial charge in [-0.15, -0.1) is 0 Å². The van der Waals surface area contributed by atoms with E-state index in [1.165, 1.54) is 12.8 Å². The number of carbonyl (C=O) groups is 1. The van der Waals surface area contributed by atoms with E-state index in [1.54, 1.807) is 12.7 Å². The molecule has 132 valence electrons. The first kappa shape index (κ1) is 16.0. The van der Waals surface area contributed by atoms with E-state index in [0.717, 1.165) is 57.9 Å². The lowest BCUT2D eigenvalue weighted by atomic mass is 10.0. The average molecular weight is 332 g/mol. The van der Waals surface area contributed by atoms with Crippen LogP contribution in [0.4, 0.5) is 0 Å². The summed E-state index contributed by atoms with van der Waals surface area (Å²) in [6, 6.07) is 1.61. The van der Waals surface area contributed by atoms with Gasteiger partial charge in [-0.05, 0) is 45.1 Å². The molecule has 0 bridgehead atoms. The Morgan fingerprint density at radius 2 is 1.96 bits per heavy atom. The molecule has 3 fully saturated rings. The molecule has 1 N–H and O–H groups in total. The molecule has 0 aromatic carbocycles. The maximum atomic E-state index is 12.4. The summed E-state index contributed by atoms with van der Waals surface area (Å²) >= 11 is 0. The third-order valence-corrected chi connectivity index (χ3v) is 5.67. The molecule has 1 saturated carbocycles. The lowest BCUT2D eigenvalue weighted by Crippen LogP contribution is -2.48. The predicted octanol–water partition coefficient (Wildman–Crippen LogP) is 0.486. The number of hydrogen-bond acceptors (Lipinski definition) is 5. The smallest absolute Gasteiger partial charge is 0.234 e. The van der Waals surface area contributed by atoms with Crippen molar-refractivity contribution >= 4 is 5.91 Å². The first-order valence-electron chi connectivity index (χ1n) is 9.38. The second kappa shape index (κ2) is 7.19. The van der Waals surface area contributed by atoms with Crippen molar-refractivity contribution in [3.63, 3.8) is 0 Å². The maximum absolute atomic E-state index is 12.4. The van der Waals surface area contributed by atoms with Crippen molar-refractivity contribution in [3.05, 3.63) is 12.7 Å². The van der Waals surface area contributed by atoms with Gasteiger partial charge in [0, 0.05) is 31.2 Å². The van der Waals surface area contributed by atoms with Crippen LogP contribution in [0.15, 0.2) is 12.7 Å². The fourth-order valence-electron chi connectivity index (χ4n) is 4.16. The van der Waals surface area contributed by atoms with E-state index < -0.39 is 0 Å². The van der Waals surface area contributed by atoms with Crippen LogP contribution in [-0.2, 0) is 11.3 Å². The molecule has 0 spiro atoms. The molecule has 0 unspecified atom stereocenters. The van der Waals surface area contributed by atoms with Crippen LogP contribution < -0.4 is 5.32 Å². The Kier molecular flexibility index (Phi) is 4.80. The number of rotatable bonds is 6. The Balaban J connectivity index is 1.22. The molecule has 1 aromatic heterocycles. The van der Waals surface area contributed by atoms with Crippen molar-refractivity contribution in [1.29, 1.82) is 0 Å². The van der Waals surface area contributed by atoms with Crippen LogP contribution in [0.25, 0.3) is 0 Å². The number of aromatic nitrogens is 3. The lowest BCUT2D eigenvalue weighted by Gasteiger charge is -2.33. The van der Waals surface area contributed by atoms with Crippen LogP contribution >= 0.6 is 0 Å². The van der Waals surface area contributed by atoms with E-state index in [0.29, 0.717) is 18.6 Å². The van der Waals surface area contributed by atoms with Crippen LogP contribution in [0.2, 0.25) is 0 Å². The molecule has 24 heavy (non-hydrogen) atoms. The van der Waals surface area contributed by atoms with E-state index in [2.05, 4.69) is 25.2 Å². The molecule has 1 aliphatic carbocycles. The fraction of sp³-hybridized carbons (Fsp3) is 0.824. The van der Waals surface area contributed by atoms with Gasteiger partial charge in [-0.25, -0.2) is 4.98 Å². The molecule has 3 aliphatic rings. The van der Waals surface area contributed by atoms with E-state index in [9.17, 15) is 4.79 Å². The summed E-state index contributed by atoms with van der Waals surface area (Å²) in [6.07, 6.45) is 10.6. The lowest BCUT2D eigenvalue weighted by molar-refractivity contribution is -0.123. The summed E-state index contributed by atoms with van der Waals surface area (Å²) < 4.78 is 1.87. The van der Waals surface area contributed by atoms with E-state index in [4.69, 9.17) is 0 Å². The highest BCUT2D eigenvalue weighted by Gasteiger charge is 2.32. The minimum atomic E-state index is 0.186. The van der Waals surface area contributed by atoms with Gasteiger partial charge in [0.25, 0.3) is 0 Å². The van der Waals surface area contributed by atoms with Crippen molar-refractivity contribution < 1.29 is 4.79 Å². The highest BCUT2D eigenvalue weighted by atomic mass is 16.2. The van der Waals surface area contributed by atoms with E-state index in [-0.39, 0.29) is 5.91 Å². The Labute approximate surface area is 143 Å². The number of nitrogens with one attached hydrogen (secondary N) is 1. The first-order valence-corrected chi connectivity index (χ1v) is 9.38. The Morgan fingerprint density at radius 3 is 2.67 bits per heavy atom. The number of piperidine rings is 1. The van der Waals surface area contributed by atoms with Gasteiger partial charge in [-0.3, -0.25) is 14.4 Å². The highest BCUT2D eigenvalue weighted by Crippen LogP contribution is 2.29. The van der Waals surface area contributed by atoms with Crippen LogP contribution in [0.1, 0.15) is 38.5 Å². The van der Waals surface area contributed by atoms with Crippen molar-refractivity contribution in [2.24, 2.45) is 0 Å². The molecule has 1 amide bonds. The number of nitrogens with zero attached hydrogens (tertiary/aromatic N) is 5. The second-order valence-electron chi connectivity index (χ2n) is 7.49. The summed E-state index contributed by atoms with van der Waals surface area (Å²) in [5, 5.41) is 7.45. The summed E-state index contributed by atoms with van der Waals surface area (Å²) in [5.74, 6) is 0.186. The molecule has 7 nitrogen and oxygen atoms in total. The zero-order valence-corrected chi connectivity index (χ0v) is 14.3. The van der Waals surface area contributed by atoms with E-state index in [1.807, 2.05) is 4.68 Å². The van der Waals surface area contributed by atoms with Gasteiger partial charge in [-0.2, -0.15) is 5.10 Å². The average Bonchev–Trinajstić information content (AvgIpc) is 3.14. The molecule has 4 rings (SSSR count). The summed E-state index contributed by atoms with van der Waals surface area (Å²) in [4.78, 5) is 21.3. The van der Waals surface area contributed by atoms with Crippen LogP contribution in [0, 0.1) is 0 Å². The first-order chi connectivity index (χ1) is 11.8. The number of carbonyl (C=O) groups excluding carboxylic acids is 1. The largest absolute Gasteiger partial charge is 0.352 e. The Morgan fingerprint density at radius 1 is 1.12 bits per heavy atom. The van der Waals surface area contributed by atoms with Gasteiger partial charge in [0.15, 0.2) is 0 Å². The molecule has 0 radical (unpaired) electrons. The standard InChI is InChI=1S/C17H28N6O/c24-17(20-14-5-8-21(9-6-14)15-3-4-15)11-22-7-1-2-16(22)10-23-13-18-12-19-23/h12-16H,1-11H2,(H,20,24)/t16-/m0/s1. The summed E-state index contributed by atoms with van der Waals surface area (Å²) in [7, 11) is 0. The van der Waals surface area contributed by atoms with E-state index >= 15 is 0 Å². The third-order valence-electron chi connectivity index (χ3n) is 5.67. The molecule has 2 aliphatic heterocycles. The predicted molar refractivity (Wildman–Crippen MR) is 90.4 cm³/mol. The molecule has 1 atom stereocenters. The van der Waals surface area contributed by atoms with Gasteiger partial charge in [0.05, 0.1) is 13.1 Å². The highest BCUT2D eigenvalue weighted by molar-refractivity contribution is 5.78. The third kappa shape index (κ3) is 3.95. The Bertz CT molecular complexity index is 535. The van der Waals surface area contributed by atoms with Crippen molar-refractivity contribution in [1.82, 2.24) is 29.9 Å². The monoisotopic (exact) mass is 332 g/mol. The molecular weight excluding hydrogens is 304 g/mol. The van der Waals surface area contributed by atoms with Gasteiger partial charge < -0.3 is 10.2 Å². The molecule has 1 aromatic rings. The van der Waals surface area contributed by atoms with Crippen LogP contribution in [0.5, 0.6) is 0 Å². The fourth-order valence-corrected chi connectivity index (χ4v) is 4.16. The van der Waals surface area contributed by atoms with Crippen molar-refractivity contribution in [2.45, 2.75) is 63.2 Å². The van der Waals surface area contributed by atoms with Crippen molar-refractivity contribution in [3.8, 4) is 0 Å². The zero-order chi connectivity index (χ0) is 16.4. The number of hydrogen-bond donors (Lipinski definition) is 1. The minimum Gasteiger partial charge on any atom is -0.352 e. The quantitative estimate of drug-likeness (QED) is 0.821. The van der Waals surface area contributed by atoms with Crippen molar-refractivity contribution in [2.75, 3.05) is 26.2 Å². The SMILES string of the molecule is O=C(CN1CCC[C@H]1Cn1cncn1)NC1CCN(C2CC2)CC1. The zero-order valence-electron chi connectivity index (χ0n) is 14.3.